The molecule has 0 bridgehead atoms. The summed E-state index contributed by atoms with van der Waals surface area (Å²) in [4.78, 5) is 22.6. The maximum Gasteiger partial charge on any atom is 0.290 e. The molecule has 15 heavy (non-hydrogen) atoms. The van der Waals surface area contributed by atoms with E-state index in [1.165, 1.54) is 0 Å². The minimum absolute atomic E-state index is 0.318. The summed E-state index contributed by atoms with van der Waals surface area (Å²) in [5, 5.41) is 1.89. The zero-order chi connectivity index (χ0) is 10.8. The zero-order valence-electron chi connectivity index (χ0n) is 7.49. The highest BCUT2D eigenvalue weighted by Crippen LogP contribution is 2.26. The lowest BCUT2D eigenvalue weighted by Gasteiger charge is -1.95. The van der Waals surface area contributed by atoms with E-state index in [1.807, 2.05) is 24.3 Å². The van der Waals surface area contributed by atoms with Gasteiger partial charge in [0.1, 0.15) is 0 Å². The van der Waals surface area contributed by atoms with Gasteiger partial charge in [0.25, 0.3) is 11.1 Å². The van der Waals surface area contributed by atoms with E-state index >= 15 is 0 Å². The van der Waals surface area contributed by atoms with Crippen LogP contribution in [-0.4, -0.2) is 11.1 Å². The van der Waals surface area contributed by atoms with E-state index in [0.717, 1.165) is 21.8 Å². The molecule has 2 amide bonds. The Hall–Kier alpha value is -1.07. The second-order valence-corrected chi connectivity index (χ2v) is 4.84. The van der Waals surface area contributed by atoms with Gasteiger partial charge in [0.15, 0.2) is 0 Å². The Morgan fingerprint density at radius 2 is 2.13 bits per heavy atom. The summed E-state index contributed by atoms with van der Waals surface area (Å²) < 4.78 is 0.937. The van der Waals surface area contributed by atoms with Gasteiger partial charge in [-0.05, 0) is 35.5 Å². The van der Waals surface area contributed by atoms with E-state index in [-0.39, 0.29) is 11.1 Å². The first kappa shape index (κ1) is 10.4. The third kappa shape index (κ3) is 2.49. The van der Waals surface area contributed by atoms with Crippen molar-refractivity contribution in [3.05, 3.63) is 39.2 Å². The summed E-state index contributed by atoms with van der Waals surface area (Å²) in [6, 6.07) is 7.52. The van der Waals surface area contributed by atoms with Crippen molar-refractivity contribution in [2.45, 2.75) is 0 Å². The lowest BCUT2D eigenvalue weighted by molar-refractivity contribution is -0.115. The molecule has 5 heteroatoms. The molecule has 0 saturated carbocycles. The second kappa shape index (κ2) is 4.20. The Morgan fingerprint density at radius 1 is 1.33 bits per heavy atom. The van der Waals surface area contributed by atoms with Crippen molar-refractivity contribution < 1.29 is 9.59 Å². The van der Waals surface area contributed by atoms with Crippen LogP contribution in [0.1, 0.15) is 5.56 Å². The molecule has 1 fully saturated rings. The third-order valence-electron chi connectivity index (χ3n) is 1.79. The molecule has 2 rings (SSSR count). The van der Waals surface area contributed by atoms with Gasteiger partial charge in [0, 0.05) is 4.47 Å². The van der Waals surface area contributed by atoms with Crippen LogP contribution in [0.5, 0.6) is 0 Å². The van der Waals surface area contributed by atoms with Gasteiger partial charge in [-0.1, -0.05) is 28.1 Å². The van der Waals surface area contributed by atoms with Gasteiger partial charge in [-0.15, -0.1) is 0 Å². The molecule has 0 unspecified atom stereocenters. The largest absolute Gasteiger partial charge is 0.290 e. The molecular weight excluding hydrogens is 278 g/mol. The molecule has 76 valence electrons. The second-order valence-electron chi connectivity index (χ2n) is 2.91. The first-order valence-corrected chi connectivity index (χ1v) is 5.76. The van der Waals surface area contributed by atoms with Gasteiger partial charge in [0.2, 0.25) is 0 Å². The minimum Gasteiger partial charge on any atom is -0.282 e. The van der Waals surface area contributed by atoms with Gasteiger partial charge in [-0.25, -0.2) is 0 Å². The van der Waals surface area contributed by atoms with Gasteiger partial charge in [0.05, 0.1) is 4.91 Å². The highest BCUT2D eigenvalue weighted by molar-refractivity contribution is 9.10. The number of imide groups is 1. The quantitative estimate of drug-likeness (QED) is 0.807. The molecule has 0 spiro atoms. The SMILES string of the molecule is O=C1NC(=O)/C(=C\c2cccc(Br)c2)S1. The summed E-state index contributed by atoms with van der Waals surface area (Å²) in [7, 11) is 0. The number of amides is 2. The third-order valence-corrected chi connectivity index (χ3v) is 3.09. The maximum atomic E-state index is 11.2. The number of nitrogens with one attached hydrogen (secondary N) is 1. The molecule has 0 aliphatic carbocycles. The fourth-order valence-electron chi connectivity index (χ4n) is 1.17. The van der Waals surface area contributed by atoms with E-state index in [1.54, 1.807) is 6.08 Å². The van der Waals surface area contributed by atoms with Crippen LogP contribution >= 0.6 is 27.7 Å². The van der Waals surface area contributed by atoms with Gasteiger partial charge < -0.3 is 0 Å². The minimum atomic E-state index is -0.329. The molecule has 1 N–H and O–H groups in total. The smallest absolute Gasteiger partial charge is 0.282 e. The molecule has 0 radical (unpaired) electrons. The van der Waals surface area contributed by atoms with Crippen molar-refractivity contribution in [3.63, 3.8) is 0 Å². The molecule has 1 heterocycles. The zero-order valence-corrected chi connectivity index (χ0v) is 9.89. The lowest BCUT2D eigenvalue weighted by atomic mass is 10.2. The van der Waals surface area contributed by atoms with Gasteiger partial charge in [-0.2, -0.15) is 0 Å². The van der Waals surface area contributed by atoms with Crippen LogP contribution < -0.4 is 5.32 Å². The van der Waals surface area contributed by atoms with Crippen molar-refractivity contribution in [1.82, 2.24) is 5.32 Å². The van der Waals surface area contributed by atoms with Crippen molar-refractivity contribution in [3.8, 4) is 0 Å². The molecule has 1 aliphatic rings. The summed E-state index contributed by atoms with van der Waals surface area (Å²) in [6.07, 6.45) is 1.69. The van der Waals surface area contributed by atoms with Crippen LogP contribution in [0.25, 0.3) is 6.08 Å². The number of halogens is 1. The summed E-state index contributed by atoms with van der Waals surface area (Å²) >= 11 is 4.26. The fraction of sp³-hybridized carbons (Fsp3) is 0. The van der Waals surface area contributed by atoms with E-state index in [2.05, 4.69) is 21.2 Å². The van der Waals surface area contributed by atoms with Crippen LogP contribution in [0.4, 0.5) is 4.79 Å². The summed E-state index contributed by atoms with van der Waals surface area (Å²) in [5.74, 6) is -0.329. The van der Waals surface area contributed by atoms with E-state index in [0.29, 0.717) is 4.91 Å². The number of rotatable bonds is 1. The number of hydrogen-bond donors (Lipinski definition) is 1. The van der Waals surface area contributed by atoms with Crippen LogP contribution in [0, 0.1) is 0 Å². The van der Waals surface area contributed by atoms with Crippen molar-refractivity contribution >= 4 is 44.9 Å². The fourth-order valence-corrected chi connectivity index (χ4v) is 2.27. The molecule has 0 atom stereocenters. The number of carbonyl (C=O) groups is 2. The van der Waals surface area contributed by atoms with Crippen LogP contribution in [-0.2, 0) is 4.79 Å². The predicted molar refractivity (Wildman–Crippen MR) is 63.2 cm³/mol. The monoisotopic (exact) mass is 283 g/mol. The highest BCUT2D eigenvalue weighted by Gasteiger charge is 2.24. The molecule has 0 aromatic heterocycles. The van der Waals surface area contributed by atoms with Gasteiger partial charge in [-0.3, -0.25) is 14.9 Å². The Bertz CT molecular complexity index is 470. The molecule has 1 aromatic carbocycles. The van der Waals surface area contributed by atoms with Crippen LogP contribution in [0.2, 0.25) is 0 Å². The van der Waals surface area contributed by atoms with Crippen LogP contribution in [0.3, 0.4) is 0 Å². The maximum absolute atomic E-state index is 11.2. The lowest BCUT2D eigenvalue weighted by Crippen LogP contribution is -2.17. The topological polar surface area (TPSA) is 46.2 Å². The van der Waals surface area contributed by atoms with Crippen LogP contribution in [0.15, 0.2) is 33.6 Å². The van der Waals surface area contributed by atoms with Gasteiger partial charge >= 0.3 is 0 Å². The average Bonchev–Trinajstić information content (AvgIpc) is 2.45. The Balaban J connectivity index is 2.31. The van der Waals surface area contributed by atoms with E-state index < -0.39 is 0 Å². The van der Waals surface area contributed by atoms with E-state index in [9.17, 15) is 9.59 Å². The van der Waals surface area contributed by atoms with Crippen molar-refractivity contribution in [1.29, 1.82) is 0 Å². The number of carbonyl (C=O) groups excluding carboxylic acids is 2. The van der Waals surface area contributed by atoms with E-state index in [4.69, 9.17) is 0 Å². The number of hydrogen-bond acceptors (Lipinski definition) is 3. The normalized spacial score (nSPS) is 18.3. The molecule has 1 saturated heterocycles. The Labute approximate surface area is 99.1 Å². The standard InChI is InChI=1S/C10H6BrNO2S/c11-7-3-1-2-6(4-7)5-8-9(13)12-10(14)15-8/h1-5H,(H,12,13,14)/b8-5+. The first-order valence-electron chi connectivity index (χ1n) is 4.15. The Kier molecular flexibility index (Phi) is 2.93. The summed E-state index contributed by atoms with van der Waals surface area (Å²) in [5.41, 5.74) is 0.886. The Morgan fingerprint density at radius 3 is 2.73 bits per heavy atom. The first-order chi connectivity index (χ1) is 7.15. The number of thioether (sulfide) groups is 1. The highest BCUT2D eigenvalue weighted by atomic mass is 79.9. The number of benzene rings is 1. The average molecular weight is 284 g/mol. The molecule has 1 aromatic rings. The molecular formula is C10H6BrNO2S. The van der Waals surface area contributed by atoms with Crippen molar-refractivity contribution in [2.75, 3.05) is 0 Å². The summed E-state index contributed by atoms with van der Waals surface area (Å²) in [6.45, 7) is 0. The predicted octanol–water partition coefficient (Wildman–Crippen LogP) is 2.77. The van der Waals surface area contributed by atoms with Crippen molar-refractivity contribution in [2.24, 2.45) is 0 Å². The molecule has 1 aliphatic heterocycles. The molecule has 3 nitrogen and oxygen atoms in total.